The summed E-state index contributed by atoms with van der Waals surface area (Å²) in [5.41, 5.74) is 7.68. The van der Waals surface area contributed by atoms with Gasteiger partial charge < -0.3 is 5.73 Å². The quantitative estimate of drug-likeness (QED) is 0.764. The van der Waals surface area contributed by atoms with Gasteiger partial charge in [-0.05, 0) is 35.2 Å². The number of fused-ring (bicyclic) bond motifs is 1. The van der Waals surface area contributed by atoms with E-state index in [9.17, 15) is 4.79 Å². The normalized spacial score (nSPS) is 10.7. The van der Waals surface area contributed by atoms with Crippen molar-refractivity contribution in [3.05, 3.63) is 53.5 Å². The molecule has 2 aromatic heterocycles. The fraction of sp³-hybridized carbons (Fsp3) is 0. The van der Waals surface area contributed by atoms with Crippen LogP contribution in [-0.4, -0.2) is 10.9 Å². The zero-order valence-electron chi connectivity index (χ0n) is 9.46. The molecule has 18 heavy (non-hydrogen) atoms. The molecule has 88 valence electrons. The van der Waals surface area contributed by atoms with Crippen LogP contribution in [0.4, 0.5) is 0 Å². The van der Waals surface area contributed by atoms with E-state index in [-0.39, 0.29) is 0 Å². The summed E-state index contributed by atoms with van der Waals surface area (Å²) in [6, 6.07) is 11.9. The second kappa shape index (κ2) is 4.23. The first-order valence-corrected chi connectivity index (χ1v) is 6.35. The van der Waals surface area contributed by atoms with E-state index in [1.54, 1.807) is 17.4 Å². The minimum absolute atomic E-state index is 0.436. The molecular weight excluding hydrogens is 244 g/mol. The van der Waals surface area contributed by atoms with Crippen molar-refractivity contribution in [2.24, 2.45) is 5.73 Å². The standard InChI is InChI=1S/C14H10N2OS/c15-14(17)11-7-10-6-9(13-2-1-5-18-13)3-4-12(10)16-8-11/h1-8H,(H2,15,17). The van der Waals surface area contributed by atoms with Crippen molar-refractivity contribution >= 4 is 28.1 Å². The van der Waals surface area contributed by atoms with Crippen LogP contribution in [0.15, 0.2) is 48.0 Å². The lowest BCUT2D eigenvalue weighted by Gasteiger charge is -2.02. The monoisotopic (exact) mass is 254 g/mol. The Hall–Kier alpha value is -2.20. The Morgan fingerprint density at radius 2 is 2.11 bits per heavy atom. The number of nitrogens with zero attached hydrogens (tertiary/aromatic N) is 1. The minimum atomic E-state index is -0.453. The summed E-state index contributed by atoms with van der Waals surface area (Å²) >= 11 is 1.68. The van der Waals surface area contributed by atoms with Gasteiger partial charge in [0.1, 0.15) is 0 Å². The number of primary amides is 1. The summed E-state index contributed by atoms with van der Waals surface area (Å²) in [6.45, 7) is 0. The van der Waals surface area contributed by atoms with Crippen LogP contribution in [0.3, 0.4) is 0 Å². The molecule has 0 radical (unpaired) electrons. The predicted molar refractivity (Wildman–Crippen MR) is 73.6 cm³/mol. The molecule has 0 saturated heterocycles. The number of carbonyl (C=O) groups excluding carboxylic acids is 1. The van der Waals surface area contributed by atoms with Gasteiger partial charge in [0.05, 0.1) is 11.1 Å². The Bertz CT molecular complexity index is 720. The molecule has 4 heteroatoms. The maximum Gasteiger partial charge on any atom is 0.250 e. The lowest BCUT2D eigenvalue weighted by molar-refractivity contribution is 0.1000. The van der Waals surface area contributed by atoms with Crippen LogP contribution in [0.25, 0.3) is 21.3 Å². The number of amides is 1. The lowest BCUT2D eigenvalue weighted by atomic mass is 10.1. The van der Waals surface area contributed by atoms with Gasteiger partial charge in [-0.15, -0.1) is 11.3 Å². The molecule has 3 nitrogen and oxygen atoms in total. The topological polar surface area (TPSA) is 56.0 Å². The number of thiophene rings is 1. The second-order valence-electron chi connectivity index (χ2n) is 3.97. The van der Waals surface area contributed by atoms with E-state index in [1.165, 1.54) is 11.1 Å². The van der Waals surface area contributed by atoms with Gasteiger partial charge in [-0.2, -0.15) is 0 Å². The van der Waals surface area contributed by atoms with Crippen LogP contribution >= 0.6 is 11.3 Å². The maximum absolute atomic E-state index is 11.1. The largest absolute Gasteiger partial charge is 0.366 e. The first kappa shape index (κ1) is 10.9. The molecule has 0 aliphatic carbocycles. The Morgan fingerprint density at radius 1 is 1.22 bits per heavy atom. The zero-order chi connectivity index (χ0) is 12.5. The van der Waals surface area contributed by atoms with Gasteiger partial charge in [0.15, 0.2) is 0 Å². The van der Waals surface area contributed by atoms with E-state index in [0.29, 0.717) is 5.56 Å². The van der Waals surface area contributed by atoms with E-state index in [2.05, 4.69) is 11.1 Å². The minimum Gasteiger partial charge on any atom is -0.366 e. The maximum atomic E-state index is 11.1. The molecule has 3 rings (SSSR count). The molecule has 1 amide bonds. The van der Waals surface area contributed by atoms with Crippen LogP contribution in [0, 0.1) is 0 Å². The first-order chi connectivity index (χ1) is 8.74. The third-order valence-electron chi connectivity index (χ3n) is 2.77. The number of aromatic nitrogens is 1. The first-order valence-electron chi connectivity index (χ1n) is 5.47. The van der Waals surface area contributed by atoms with Crippen LogP contribution in [0.2, 0.25) is 0 Å². The van der Waals surface area contributed by atoms with Gasteiger partial charge in [-0.3, -0.25) is 9.78 Å². The fourth-order valence-electron chi connectivity index (χ4n) is 1.86. The predicted octanol–water partition coefficient (Wildman–Crippen LogP) is 3.06. The number of nitrogens with two attached hydrogens (primary N) is 1. The Balaban J connectivity index is 2.18. The van der Waals surface area contributed by atoms with Gasteiger partial charge in [-0.1, -0.05) is 12.1 Å². The number of rotatable bonds is 2. The molecule has 0 fully saturated rings. The van der Waals surface area contributed by atoms with Gasteiger partial charge in [0, 0.05) is 16.5 Å². The summed E-state index contributed by atoms with van der Waals surface area (Å²) < 4.78 is 0. The molecule has 2 heterocycles. The van der Waals surface area contributed by atoms with Crippen LogP contribution < -0.4 is 5.73 Å². The lowest BCUT2D eigenvalue weighted by Crippen LogP contribution is -2.10. The molecule has 0 atom stereocenters. The molecular formula is C14H10N2OS. The van der Waals surface area contributed by atoms with E-state index in [4.69, 9.17) is 5.73 Å². The highest BCUT2D eigenvalue weighted by atomic mass is 32.1. The summed E-state index contributed by atoms with van der Waals surface area (Å²) in [5, 5.41) is 2.97. The molecule has 0 spiro atoms. The molecule has 0 saturated carbocycles. The zero-order valence-corrected chi connectivity index (χ0v) is 10.3. The highest BCUT2D eigenvalue weighted by Gasteiger charge is 2.05. The van der Waals surface area contributed by atoms with Gasteiger partial charge in [0.2, 0.25) is 5.91 Å². The van der Waals surface area contributed by atoms with Crippen LogP contribution in [0.1, 0.15) is 10.4 Å². The molecule has 0 aliphatic rings. The van der Waals surface area contributed by atoms with Gasteiger partial charge >= 0.3 is 0 Å². The Morgan fingerprint density at radius 3 is 2.83 bits per heavy atom. The van der Waals surface area contributed by atoms with Crippen LogP contribution in [-0.2, 0) is 0 Å². The molecule has 0 aliphatic heterocycles. The second-order valence-corrected chi connectivity index (χ2v) is 4.92. The number of benzene rings is 1. The van der Waals surface area contributed by atoms with E-state index in [1.807, 2.05) is 29.6 Å². The van der Waals surface area contributed by atoms with E-state index < -0.39 is 5.91 Å². The van der Waals surface area contributed by atoms with Crippen molar-refractivity contribution < 1.29 is 4.79 Å². The highest BCUT2D eigenvalue weighted by molar-refractivity contribution is 7.13. The fourth-order valence-corrected chi connectivity index (χ4v) is 2.59. The van der Waals surface area contributed by atoms with Crippen molar-refractivity contribution in [3.8, 4) is 10.4 Å². The number of carbonyl (C=O) groups is 1. The van der Waals surface area contributed by atoms with E-state index in [0.717, 1.165) is 16.5 Å². The third-order valence-corrected chi connectivity index (χ3v) is 3.69. The number of pyridine rings is 1. The smallest absolute Gasteiger partial charge is 0.250 e. The Labute approximate surface area is 108 Å². The average molecular weight is 254 g/mol. The van der Waals surface area contributed by atoms with Gasteiger partial charge in [0.25, 0.3) is 0 Å². The van der Waals surface area contributed by atoms with Crippen molar-refractivity contribution in [3.63, 3.8) is 0 Å². The molecule has 3 aromatic rings. The molecule has 1 aromatic carbocycles. The number of hydrogen-bond donors (Lipinski definition) is 1. The summed E-state index contributed by atoms with van der Waals surface area (Å²) in [5.74, 6) is -0.453. The SMILES string of the molecule is NC(=O)c1cnc2ccc(-c3cccs3)cc2c1. The molecule has 0 bridgehead atoms. The highest BCUT2D eigenvalue weighted by Crippen LogP contribution is 2.27. The summed E-state index contributed by atoms with van der Waals surface area (Å²) in [7, 11) is 0. The molecule has 2 N–H and O–H groups in total. The summed E-state index contributed by atoms with van der Waals surface area (Å²) in [6.07, 6.45) is 1.51. The third kappa shape index (κ3) is 1.87. The van der Waals surface area contributed by atoms with Crippen molar-refractivity contribution in [2.75, 3.05) is 0 Å². The Kier molecular flexibility index (Phi) is 2.57. The van der Waals surface area contributed by atoms with Crippen molar-refractivity contribution in [1.82, 2.24) is 4.98 Å². The summed E-state index contributed by atoms with van der Waals surface area (Å²) in [4.78, 5) is 16.6. The van der Waals surface area contributed by atoms with E-state index >= 15 is 0 Å². The van der Waals surface area contributed by atoms with Crippen molar-refractivity contribution in [2.45, 2.75) is 0 Å². The molecule has 0 unspecified atom stereocenters. The van der Waals surface area contributed by atoms with Crippen molar-refractivity contribution in [1.29, 1.82) is 0 Å². The average Bonchev–Trinajstić information content (AvgIpc) is 2.91. The van der Waals surface area contributed by atoms with Crippen LogP contribution in [0.5, 0.6) is 0 Å². The van der Waals surface area contributed by atoms with Gasteiger partial charge in [-0.25, -0.2) is 0 Å². The number of hydrogen-bond acceptors (Lipinski definition) is 3.